The van der Waals surface area contributed by atoms with Crippen molar-refractivity contribution >= 4 is 5.78 Å². The predicted molar refractivity (Wildman–Crippen MR) is 66.7 cm³/mol. The van der Waals surface area contributed by atoms with Crippen molar-refractivity contribution in [3.63, 3.8) is 0 Å². The lowest BCUT2D eigenvalue weighted by Gasteiger charge is -2.24. The van der Waals surface area contributed by atoms with Crippen molar-refractivity contribution in [2.45, 2.75) is 19.3 Å². The molecule has 0 aliphatic heterocycles. The highest BCUT2D eigenvalue weighted by atomic mass is 19.3. The SMILES string of the molecule is CCC1C=C(C(=O)c2ccccc2)C=CC1(F)F. The van der Waals surface area contributed by atoms with E-state index in [-0.39, 0.29) is 5.78 Å². The van der Waals surface area contributed by atoms with Crippen molar-refractivity contribution in [1.82, 2.24) is 0 Å². The van der Waals surface area contributed by atoms with E-state index in [1.807, 2.05) is 6.07 Å². The van der Waals surface area contributed by atoms with Crippen LogP contribution in [-0.2, 0) is 0 Å². The zero-order valence-electron chi connectivity index (χ0n) is 10.1. The molecule has 0 amide bonds. The Bertz CT molecular complexity index is 500. The fraction of sp³-hybridized carbons (Fsp3) is 0.267. The Morgan fingerprint density at radius 3 is 2.56 bits per heavy atom. The molecule has 1 aromatic rings. The number of rotatable bonds is 3. The Kier molecular flexibility index (Phi) is 3.41. The lowest BCUT2D eigenvalue weighted by Crippen LogP contribution is -2.27. The maximum Gasteiger partial charge on any atom is 0.272 e. The van der Waals surface area contributed by atoms with Crippen LogP contribution in [0.2, 0.25) is 0 Å². The van der Waals surface area contributed by atoms with Crippen molar-refractivity contribution in [2.75, 3.05) is 0 Å². The molecule has 0 heterocycles. The zero-order valence-corrected chi connectivity index (χ0v) is 10.1. The van der Waals surface area contributed by atoms with Gasteiger partial charge in [-0.3, -0.25) is 4.79 Å². The highest BCUT2D eigenvalue weighted by Gasteiger charge is 2.37. The second kappa shape index (κ2) is 4.84. The van der Waals surface area contributed by atoms with Crippen LogP contribution in [0.5, 0.6) is 0 Å². The molecule has 1 aliphatic carbocycles. The summed E-state index contributed by atoms with van der Waals surface area (Å²) in [5.74, 6) is -3.96. The molecule has 1 unspecified atom stereocenters. The van der Waals surface area contributed by atoms with Gasteiger partial charge in [0.25, 0.3) is 5.92 Å². The van der Waals surface area contributed by atoms with E-state index in [0.29, 0.717) is 17.6 Å². The van der Waals surface area contributed by atoms with Crippen LogP contribution in [0.15, 0.2) is 54.1 Å². The summed E-state index contributed by atoms with van der Waals surface area (Å²) in [4.78, 5) is 12.1. The first-order valence-corrected chi connectivity index (χ1v) is 5.93. The third-order valence-corrected chi connectivity index (χ3v) is 3.10. The maximum atomic E-state index is 13.5. The summed E-state index contributed by atoms with van der Waals surface area (Å²) in [6.07, 6.45) is 3.75. The van der Waals surface area contributed by atoms with E-state index in [4.69, 9.17) is 0 Å². The van der Waals surface area contributed by atoms with Crippen LogP contribution in [-0.4, -0.2) is 11.7 Å². The van der Waals surface area contributed by atoms with Gasteiger partial charge in [-0.05, 0) is 18.6 Å². The number of carbonyl (C=O) groups excluding carboxylic acids is 1. The van der Waals surface area contributed by atoms with Gasteiger partial charge in [-0.25, -0.2) is 8.78 Å². The van der Waals surface area contributed by atoms with Gasteiger partial charge in [0.15, 0.2) is 5.78 Å². The summed E-state index contributed by atoms with van der Waals surface area (Å²) in [7, 11) is 0. The monoisotopic (exact) mass is 248 g/mol. The third kappa shape index (κ3) is 2.40. The van der Waals surface area contributed by atoms with Crippen LogP contribution in [0.4, 0.5) is 8.78 Å². The lowest BCUT2D eigenvalue weighted by atomic mass is 9.88. The molecule has 3 heteroatoms. The summed E-state index contributed by atoms with van der Waals surface area (Å²) in [5.41, 5.74) is 0.868. The molecule has 0 radical (unpaired) electrons. The van der Waals surface area contributed by atoms with Crippen LogP contribution in [0.1, 0.15) is 23.7 Å². The van der Waals surface area contributed by atoms with Gasteiger partial charge < -0.3 is 0 Å². The van der Waals surface area contributed by atoms with Gasteiger partial charge in [0.05, 0.1) is 0 Å². The standard InChI is InChI=1S/C15H14F2O/c1-2-13-10-12(8-9-15(13,16)17)14(18)11-6-4-3-5-7-11/h3-10,13H,2H2,1H3. The largest absolute Gasteiger partial charge is 0.289 e. The molecule has 0 saturated heterocycles. The van der Waals surface area contributed by atoms with Crippen molar-refractivity contribution in [3.05, 3.63) is 59.7 Å². The van der Waals surface area contributed by atoms with Crippen molar-refractivity contribution in [3.8, 4) is 0 Å². The minimum absolute atomic E-state index is 0.208. The molecule has 1 nitrogen and oxygen atoms in total. The van der Waals surface area contributed by atoms with Gasteiger partial charge >= 0.3 is 0 Å². The Morgan fingerprint density at radius 2 is 1.94 bits per heavy atom. The van der Waals surface area contributed by atoms with Crippen molar-refractivity contribution in [1.29, 1.82) is 0 Å². The minimum Gasteiger partial charge on any atom is -0.289 e. The van der Waals surface area contributed by atoms with Gasteiger partial charge in [-0.2, -0.15) is 0 Å². The number of halogens is 2. The van der Waals surface area contributed by atoms with E-state index in [2.05, 4.69) is 0 Å². The Morgan fingerprint density at radius 1 is 1.28 bits per heavy atom. The zero-order chi connectivity index (χ0) is 13.2. The molecule has 0 saturated carbocycles. The molecule has 0 aromatic heterocycles. The number of alkyl halides is 2. The summed E-state index contributed by atoms with van der Waals surface area (Å²) in [6, 6.07) is 8.69. The van der Waals surface area contributed by atoms with E-state index >= 15 is 0 Å². The van der Waals surface area contributed by atoms with Gasteiger partial charge in [-0.1, -0.05) is 43.3 Å². The molecular weight excluding hydrogens is 234 g/mol. The van der Waals surface area contributed by atoms with Crippen molar-refractivity contribution in [2.24, 2.45) is 5.92 Å². The topological polar surface area (TPSA) is 17.1 Å². The number of allylic oxidation sites excluding steroid dienone is 4. The average molecular weight is 248 g/mol. The first-order chi connectivity index (χ1) is 8.54. The van der Waals surface area contributed by atoms with Gasteiger partial charge in [0.2, 0.25) is 0 Å². The number of carbonyl (C=O) groups is 1. The molecule has 1 atom stereocenters. The molecule has 0 N–H and O–H groups in total. The second-order valence-corrected chi connectivity index (χ2v) is 4.34. The van der Waals surface area contributed by atoms with Crippen LogP contribution < -0.4 is 0 Å². The van der Waals surface area contributed by atoms with E-state index in [0.717, 1.165) is 6.08 Å². The van der Waals surface area contributed by atoms with Crippen molar-refractivity contribution < 1.29 is 13.6 Å². The molecule has 0 spiro atoms. The van der Waals surface area contributed by atoms with Crippen LogP contribution in [0, 0.1) is 5.92 Å². The van der Waals surface area contributed by atoms with Crippen LogP contribution in [0.3, 0.4) is 0 Å². The lowest BCUT2D eigenvalue weighted by molar-refractivity contribution is 0.00743. The molecule has 94 valence electrons. The van der Waals surface area contributed by atoms with E-state index in [1.165, 1.54) is 12.2 Å². The molecular formula is C15H14F2O. The predicted octanol–water partition coefficient (Wildman–Crippen LogP) is 4.03. The van der Waals surface area contributed by atoms with E-state index in [1.54, 1.807) is 31.2 Å². The van der Waals surface area contributed by atoms with E-state index < -0.39 is 11.8 Å². The van der Waals surface area contributed by atoms with Gasteiger partial charge in [-0.15, -0.1) is 0 Å². The summed E-state index contributed by atoms with van der Waals surface area (Å²) >= 11 is 0. The number of hydrogen-bond donors (Lipinski definition) is 0. The smallest absolute Gasteiger partial charge is 0.272 e. The second-order valence-electron chi connectivity index (χ2n) is 4.34. The highest BCUT2D eigenvalue weighted by Crippen LogP contribution is 2.35. The molecule has 0 bridgehead atoms. The average Bonchev–Trinajstić information content (AvgIpc) is 2.39. The number of Topliss-reactive ketones (excluding diaryl/α,β-unsaturated/α-hetero) is 1. The summed E-state index contributed by atoms with van der Waals surface area (Å²) in [6.45, 7) is 1.69. The molecule has 0 fully saturated rings. The summed E-state index contributed by atoms with van der Waals surface area (Å²) < 4.78 is 26.9. The number of ketones is 1. The molecule has 1 aliphatic rings. The highest BCUT2D eigenvalue weighted by molar-refractivity contribution is 6.10. The molecule has 1 aromatic carbocycles. The fourth-order valence-corrected chi connectivity index (χ4v) is 2.01. The first kappa shape index (κ1) is 12.7. The quantitative estimate of drug-likeness (QED) is 0.738. The fourth-order valence-electron chi connectivity index (χ4n) is 2.01. The summed E-state index contributed by atoms with van der Waals surface area (Å²) in [5, 5.41) is 0. The molecule has 18 heavy (non-hydrogen) atoms. The Balaban J connectivity index is 2.28. The van der Waals surface area contributed by atoms with Crippen LogP contribution >= 0.6 is 0 Å². The minimum atomic E-state index is -2.85. The normalized spacial score (nSPS) is 21.5. The maximum absolute atomic E-state index is 13.5. The van der Waals surface area contributed by atoms with Gasteiger partial charge in [0, 0.05) is 17.1 Å². The van der Waals surface area contributed by atoms with Crippen LogP contribution in [0.25, 0.3) is 0 Å². The molecule has 2 rings (SSSR count). The first-order valence-electron chi connectivity index (χ1n) is 5.93. The number of hydrogen-bond acceptors (Lipinski definition) is 1. The third-order valence-electron chi connectivity index (χ3n) is 3.10. The number of benzene rings is 1. The van der Waals surface area contributed by atoms with Gasteiger partial charge in [0.1, 0.15) is 0 Å². The van der Waals surface area contributed by atoms with E-state index in [9.17, 15) is 13.6 Å². The Labute approximate surface area is 105 Å². The Hall–Kier alpha value is -1.77.